The van der Waals surface area contributed by atoms with Crippen LogP contribution >= 0.6 is 11.3 Å². The molecule has 4 nitrogen and oxygen atoms in total. The summed E-state index contributed by atoms with van der Waals surface area (Å²) >= 11 is 1.18. The van der Waals surface area contributed by atoms with Crippen LogP contribution in [0.4, 0.5) is 4.39 Å². The molecular formula is C20H17FN2O2S. The van der Waals surface area contributed by atoms with Gasteiger partial charge in [-0.3, -0.25) is 9.59 Å². The van der Waals surface area contributed by atoms with Crippen molar-refractivity contribution in [2.24, 2.45) is 11.3 Å². The summed E-state index contributed by atoms with van der Waals surface area (Å²) in [7, 11) is 0. The lowest BCUT2D eigenvalue weighted by Crippen LogP contribution is -2.33. The lowest BCUT2D eigenvalue weighted by Gasteiger charge is -2.25. The van der Waals surface area contributed by atoms with Gasteiger partial charge >= 0.3 is 4.87 Å². The molecule has 0 spiro atoms. The van der Waals surface area contributed by atoms with E-state index in [1.807, 2.05) is 23.1 Å². The minimum Gasteiger partial charge on any atom is -0.334 e. The molecule has 2 aromatic carbocycles. The summed E-state index contributed by atoms with van der Waals surface area (Å²) < 4.78 is 14.1. The van der Waals surface area contributed by atoms with Crippen LogP contribution in [0.5, 0.6) is 0 Å². The van der Waals surface area contributed by atoms with Gasteiger partial charge in [-0.15, -0.1) is 0 Å². The molecule has 0 radical (unpaired) electrons. The van der Waals surface area contributed by atoms with Gasteiger partial charge in [0.05, 0.1) is 15.6 Å². The first-order valence-corrected chi connectivity index (χ1v) is 9.51. The van der Waals surface area contributed by atoms with Crippen LogP contribution in [0, 0.1) is 17.2 Å². The van der Waals surface area contributed by atoms with Gasteiger partial charge in [0.1, 0.15) is 5.82 Å². The zero-order valence-corrected chi connectivity index (χ0v) is 14.8. The number of thiazole rings is 1. The second-order valence-corrected chi connectivity index (χ2v) is 8.41. The van der Waals surface area contributed by atoms with Gasteiger partial charge in [-0.1, -0.05) is 29.5 Å². The molecule has 0 bridgehead atoms. The first-order chi connectivity index (χ1) is 12.5. The Balaban J connectivity index is 1.43. The molecule has 6 heteroatoms. The third-order valence-corrected chi connectivity index (χ3v) is 6.39. The normalized spacial score (nSPS) is 22.9. The number of nitrogens with one attached hydrogen (secondary N) is 1. The van der Waals surface area contributed by atoms with E-state index in [4.69, 9.17) is 0 Å². The largest absolute Gasteiger partial charge is 0.334 e. The predicted molar refractivity (Wildman–Crippen MR) is 98.3 cm³/mol. The number of carbonyl (C=O) groups is 1. The minimum atomic E-state index is -0.275. The predicted octanol–water partition coefficient (Wildman–Crippen LogP) is 3.67. The summed E-state index contributed by atoms with van der Waals surface area (Å²) in [6, 6.07) is 12.1. The van der Waals surface area contributed by atoms with E-state index in [-0.39, 0.29) is 22.0 Å². The van der Waals surface area contributed by atoms with Gasteiger partial charge in [0.25, 0.3) is 0 Å². The molecule has 1 amide bonds. The summed E-state index contributed by atoms with van der Waals surface area (Å²) in [4.78, 5) is 29.1. The van der Waals surface area contributed by atoms with Crippen LogP contribution in [-0.4, -0.2) is 15.8 Å². The highest BCUT2D eigenvalue weighted by molar-refractivity contribution is 7.16. The molecule has 132 valence electrons. The van der Waals surface area contributed by atoms with E-state index < -0.39 is 0 Å². The van der Waals surface area contributed by atoms with Gasteiger partial charge in [-0.25, -0.2) is 4.39 Å². The van der Waals surface area contributed by atoms with Crippen molar-refractivity contribution >= 4 is 27.5 Å². The molecule has 0 saturated heterocycles. The van der Waals surface area contributed by atoms with Crippen LogP contribution in [0.25, 0.3) is 10.2 Å². The summed E-state index contributed by atoms with van der Waals surface area (Å²) in [6.07, 6.45) is 2.01. The van der Waals surface area contributed by atoms with E-state index in [0.717, 1.165) is 34.2 Å². The number of hydrogen-bond donors (Lipinski definition) is 1. The lowest BCUT2D eigenvalue weighted by atomic mass is 10.1. The van der Waals surface area contributed by atoms with E-state index in [2.05, 4.69) is 4.98 Å². The number of nitrogens with zero attached hydrogens (tertiary/aromatic N) is 1. The molecule has 5 rings (SSSR count). The maximum atomic E-state index is 13.2. The number of fused-ring (bicyclic) bond motifs is 2. The molecule has 1 N–H and O–H groups in total. The van der Waals surface area contributed by atoms with Gasteiger partial charge in [0, 0.05) is 13.1 Å². The second kappa shape index (κ2) is 5.51. The number of benzene rings is 2. The molecule has 1 heterocycles. The van der Waals surface area contributed by atoms with Crippen LogP contribution in [0.15, 0.2) is 47.3 Å². The Kier molecular flexibility index (Phi) is 3.34. The SMILES string of the molecule is O=C(N(Cc1ccc(F)cc1)Cc1ccc2[nH]c(=O)sc2c1)C12CC1C2. The average molecular weight is 368 g/mol. The number of H-pyrrole nitrogens is 1. The van der Waals surface area contributed by atoms with Crippen molar-refractivity contribution in [3.63, 3.8) is 0 Å². The maximum absolute atomic E-state index is 13.2. The first-order valence-electron chi connectivity index (χ1n) is 8.69. The Bertz CT molecular complexity index is 1060. The van der Waals surface area contributed by atoms with E-state index in [9.17, 15) is 14.0 Å². The summed E-state index contributed by atoms with van der Waals surface area (Å²) in [5.74, 6) is 0.500. The van der Waals surface area contributed by atoms with Crippen LogP contribution in [0.2, 0.25) is 0 Å². The fourth-order valence-corrected chi connectivity index (χ4v) is 4.48. The van der Waals surface area contributed by atoms with E-state index >= 15 is 0 Å². The third-order valence-electron chi connectivity index (χ3n) is 5.54. The molecule has 3 aromatic rings. The van der Waals surface area contributed by atoms with Crippen LogP contribution in [0.3, 0.4) is 0 Å². The summed E-state index contributed by atoms with van der Waals surface area (Å²) in [5.41, 5.74) is 2.63. The van der Waals surface area contributed by atoms with Gasteiger partial charge < -0.3 is 9.88 Å². The highest BCUT2D eigenvalue weighted by Crippen LogP contribution is 2.76. The molecule has 0 atom stereocenters. The van der Waals surface area contributed by atoms with E-state index in [1.54, 1.807) is 12.1 Å². The fourth-order valence-electron chi connectivity index (χ4n) is 3.68. The monoisotopic (exact) mass is 368 g/mol. The summed E-state index contributed by atoms with van der Waals surface area (Å²) in [6.45, 7) is 0.960. The Labute approximate surface area is 153 Å². The Morgan fingerprint density at radius 3 is 2.50 bits per heavy atom. The van der Waals surface area contributed by atoms with Crippen molar-refractivity contribution in [2.45, 2.75) is 25.9 Å². The smallest absolute Gasteiger partial charge is 0.305 e. The average Bonchev–Trinajstić information content (AvgIpc) is 3.45. The zero-order valence-electron chi connectivity index (χ0n) is 14.0. The van der Waals surface area contributed by atoms with Crippen LogP contribution in [0.1, 0.15) is 24.0 Å². The highest BCUT2D eigenvalue weighted by Gasteiger charge is 2.75. The van der Waals surface area contributed by atoms with Crippen molar-refractivity contribution in [1.82, 2.24) is 9.88 Å². The molecule has 1 aromatic heterocycles. The topological polar surface area (TPSA) is 53.2 Å². The van der Waals surface area contributed by atoms with Gasteiger partial charge in [-0.2, -0.15) is 0 Å². The molecular weight excluding hydrogens is 351 g/mol. The van der Waals surface area contributed by atoms with Crippen molar-refractivity contribution in [3.8, 4) is 0 Å². The Morgan fingerprint density at radius 2 is 1.81 bits per heavy atom. The fraction of sp³-hybridized carbons (Fsp3) is 0.300. The van der Waals surface area contributed by atoms with Crippen molar-refractivity contribution < 1.29 is 9.18 Å². The molecule has 2 saturated carbocycles. The molecule has 0 unspecified atom stereocenters. The number of aromatic amines is 1. The Hall–Kier alpha value is -2.47. The zero-order chi connectivity index (χ0) is 17.9. The summed E-state index contributed by atoms with van der Waals surface area (Å²) in [5, 5.41) is 0. The second-order valence-electron chi connectivity index (χ2n) is 7.39. The van der Waals surface area contributed by atoms with E-state index in [1.165, 1.54) is 23.5 Å². The standard InChI is InChI=1S/C20H17FN2O2S/c21-15-4-1-12(2-5-15)10-23(18(24)20-8-14(20)9-20)11-13-3-6-16-17(7-13)26-19(25)22-16/h1-7,14H,8-11H2,(H,22,25). The van der Waals surface area contributed by atoms with Crippen molar-refractivity contribution in [3.05, 3.63) is 69.1 Å². The van der Waals surface area contributed by atoms with Crippen LogP contribution < -0.4 is 4.87 Å². The first kappa shape index (κ1) is 15.8. The van der Waals surface area contributed by atoms with Crippen molar-refractivity contribution in [2.75, 3.05) is 0 Å². The van der Waals surface area contributed by atoms with Crippen molar-refractivity contribution in [1.29, 1.82) is 0 Å². The highest BCUT2D eigenvalue weighted by atomic mass is 32.1. The number of hydrogen-bond acceptors (Lipinski definition) is 3. The maximum Gasteiger partial charge on any atom is 0.305 e. The molecule has 26 heavy (non-hydrogen) atoms. The molecule has 0 aliphatic heterocycles. The van der Waals surface area contributed by atoms with Gasteiger partial charge in [0.2, 0.25) is 5.91 Å². The van der Waals surface area contributed by atoms with Crippen LogP contribution in [-0.2, 0) is 17.9 Å². The number of rotatable bonds is 5. The quantitative estimate of drug-likeness (QED) is 0.747. The van der Waals surface area contributed by atoms with Gasteiger partial charge in [0.15, 0.2) is 0 Å². The molecule has 2 aliphatic carbocycles. The lowest BCUT2D eigenvalue weighted by molar-refractivity contribution is -0.136. The number of aromatic nitrogens is 1. The Morgan fingerprint density at radius 1 is 1.15 bits per heavy atom. The van der Waals surface area contributed by atoms with E-state index in [0.29, 0.717) is 19.0 Å². The third kappa shape index (κ3) is 2.65. The molecule has 2 aliphatic rings. The number of halogens is 1. The number of amides is 1. The van der Waals surface area contributed by atoms with Gasteiger partial charge in [-0.05, 0) is 54.2 Å². The molecule has 2 fully saturated rings. The minimum absolute atomic E-state index is 0.0749. The number of carbonyl (C=O) groups excluding carboxylic acids is 1.